The van der Waals surface area contributed by atoms with Gasteiger partial charge in [-0.1, -0.05) is 25.8 Å². The molecule has 2 nitrogen and oxygen atoms in total. The second kappa shape index (κ2) is 8.42. The van der Waals surface area contributed by atoms with E-state index < -0.39 is 35.0 Å². The molecule has 0 radical (unpaired) electrons. The zero-order chi connectivity index (χ0) is 20.3. The van der Waals surface area contributed by atoms with E-state index in [0.29, 0.717) is 17.4 Å². The van der Waals surface area contributed by atoms with Gasteiger partial charge in [0.05, 0.1) is 5.56 Å². The number of rotatable bonds is 6. The van der Waals surface area contributed by atoms with Crippen LogP contribution in [0.4, 0.5) is 17.6 Å². The van der Waals surface area contributed by atoms with Crippen molar-refractivity contribution in [3.8, 4) is 5.75 Å². The lowest BCUT2D eigenvalue weighted by Gasteiger charge is -2.10. The summed E-state index contributed by atoms with van der Waals surface area (Å²) in [6.45, 7) is 2.03. The van der Waals surface area contributed by atoms with Gasteiger partial charge in [0.25, 0.3) is 0 Å². The van der Waals surface area contributed by atoms with E-state index in [0.717, 1.165) is 43.5 Å². The highest BCUT2D eigenvalue weighted by Crippen LogP contribution is 2.26. The van der Waals surface area contributed by atoms with E-state index in [1.54, 1.807) is 0 Å². The van der Waals surface area contributed by atoms with E-state index in [1.807, 2.05) is 6.92 Å². The van der Waals surface area contributed by atoms with E-state index in [1.165, 1.54) is 18.2 Å². The monoisotopic (exact) mass is 390 g/mol. The van der Waals surface area contributed by atoms with E-state index in [2.05, 4.69) is 0 Å². The van der Waals surface area contributed by atoms with Gasteiger partial charge in [-0.15, -0.1) is 0 Å². The van der Waals surface area contributed by atoms with Crippen molar-refractivity contribution >= 4 is 16.7 Å². The van der Waals surface area contributed by atoms with Crippen LogP contribution in [-0.2, 0) is 6.42 Å². The molecule has 0 aliphatic heterocycles. The molecule has 0 aromatic heterocycles. The van der Waals surface area contributed by atoms with Crippen LogP contribution < -0.4 is 4.74 Å². The maximum atomic E-state index is 14.2. The van der Waals surface area contributed by atoms with Crippen molar-refractivity contribution in [2.24, 2.45) is 0 Å². The van der Waals surface area contributed by atoms with Crippen LogP contribution in [0.2, 0.25) is 0 Å². The first-order chi connectivity index (χ1) is 13.4. The number of hydrogen-bond donors (Lipinski definition) is 0. The summed E-state index contributed by atoms with van der Waals surface area (Å²) in [5.41, 5.74) is 0.454. The third-order valence-corrected chi connectivity index (χ3v) is 4.44. The quantitative estimate of drug-likeness (QED) is 0.212. The average molecular weight is 390 g/mol. The number of aryl methyl sites for hydroxylation is 1. The molecule has 0 fully saturated rings. The first kappa shape index (κ1) is 19.9. The Morgan fingerprint density at radius 1 is 0.821 bits per heavy atom. The van der Waals surface area contributed by atoms with Crippen molar-refractivity contribution in [2.45, 2.75) is 32.6 Å². The molecule has 0 spiro atoms. The number of benzene rings is 3. The molecule has 0 unspecified atom stereocenters. The van der Waals surface area contributed by atoms with Crippen molar-refractivity contribution < 1.29 is 27.1 Å². The molecule has 146 valence electrons. The van der Waals surface area contributed by atoms with Crippen LogP contribution in [0.1, 0.15) is 42.1 Å². The highest BCUT2D eigenvalue weighted by molar-refractivity contribution is 5.96. The maximum Gasteiger partial charge on any atom is 0.343 e. The molecule has 0 N–H and O–H groups in total. The maximum absolute atomic E-state index is 14.2. The Morgan fingerprint density at radius 2 is 1.46 bits per heavy atom. The van der Waals surface area contributed by atoms with Gasteiger partial charge in [0.2, 0.25) is 5.75 Å². The molecule has 3 aromatic carbocycles. The molecule has 0 heterocycles. The third-order valence-electron chi connectivity index (χ3n) is 4.44. The van der Waals surface area contributed by atoms with Gasteiger partial charge in [0.15, 0.2) is 23.3 Å². The number of hydrogen-bond acceptors (Lipinski definition) is 2. The standard InChI is InChI=1S/C22H18F4O2/c1-2-3-4-5-13-8-19(25)21(20(26)9-13)28-22(27)15-7-6-14-11-17(23)18(24)12-16(14)10-15/h6-12H,2-5H2,1H3. The Morgan fingerprint density at radius 3 is 2.11 bits per heavy atom. The molecule has 0 atom stereocenters. The van der Waals surface area contributed by atoms with Gasteiger partial charge >= 0.3 is 5.97 Å². The zero-order valence-electron chi connectivity index (χ0n) is 15.2. The molecule has 0 bridgehead atoms. The SMILES string of the molecule is CCCCCc1cc(F)c(OC(=O)c2ccc3cc(F)c(F)cc3c2)c(F)c1. The number of ether oxygens (including phenoxy) is 1. The minimum Gasteiger partial charge on any atom is -0.417 e. The Bertz CT molecular complexity index is 1010. The fourth-order valence-corrected chi connectivity index (χ4v) is 2.95. The van der Waals surface area contributed by atoms with Gasteiger partial charge in [0, 0.05) is 0 Å². The Labute approximate surface area is 159 Å². The minimum absolute atomic E-state index is 0.0377. The molecule has 0 saturated carbocycles. The topological polar surface area (TPSA) is 26.3 Å². The smallest absolute Gasteiger partial charge is 0.343 e. The van der Waals surface area contributed by atoms with Crippen LogP contribution in [0.3, 0.4) is 0 Å². The second-order valence-corrected chi connectivity index (χ2v) is 6.56. The molecule has 0 amide bonds. The lowest BCUT2D eigenvalue weighted by Crippen LogP contribution is -2.11. The summed E-state index contributed by atoms with van der Waals surface area (Å²) in [6, 6.07) is 8.23. The van der Waals surface area contributed by atoms with Crippen LogP contribution in [0.5, 0.6) is 5.75 Å². The second-order valence-electron chi connectivity index (χ2n) is 6.56. The highest BCUT2D eigenvalue weighted by Gasteiger charge is 2.18. The Hall–Kier alpha value is -2.89. The van der Waals surface area contributed by atoms with Gasteiger partial charge in [-0.05, 0) is 65.6 Å². The molecule has 3 rings (SSSR count). The lowest BCUT2D eigenvalue weighted by molar-refractivity contribution is 0.0720. The van der Waals surface area contributed by atoms with E-state index in [9.17, 15) is 22.4 Å². The molecular formula is C22H18F4O2. The minimum atomic E-state index is -1.06. The first-order valence-corrected chi connectivity index (χ1v) is 8.98. The van der Waals surface area contributed by atoms with Crippen LogP contribution in [0.25, 0.3) is 10.8 Å². The molecule has 0 saturated heterocycles. The number of halogens is 4. The van der Waals surface area contributed by atoms with Gasteiger partial charge in [0.1, 0.15) is 0 Å². The number of unbranched alkanes of at least 4 members (excludes halogenated alkanes) is 2. The summed E-state index contributed by atoms with van der Waals surface area (Å²) in [4.78, 5) is 12.3. The number of fused-ring (bicyclic) bond motifs is 1. The number of esters is 1. The first-order valence-electron chi connectivity index (χ1n) is 8.98. The lowest BCUT2D eigenvalue weighted by atomic mass is 10.1. The van der Waals surface area contributed by atoms with Crippen molar-refractivity contribution in [2.75, 3.05) is 0 Å². The zero-order valence-corrected chi connectivity index (χ0v) is 15.2. The van der Waals surface area contributed by atoms with Gasteiger partial charge in [-0.2, -0.15) is 0 Å². The largest absolute Gasteiger partial charge is 0.417 e. The average Bonchev–Trinajstić information content (AvgIpc) is 2.65. The predicted molar refractivity (Wildman–Crippen MR) is 98.4 cm³/mol. The van der Waals surface area contributed by atoms with Gasteiger partial charge in [-0.25, -0.2) is 22.4 Å². The van der Waals surface area contributed by atoms with Crippen molar-refractivity contribution in [3.63, 3.8) is 0 Å². The van der Waals surface area contributed by atoms with E-state index >= 15 is 0 Å². The molecule has 0 aliphatic rings. The van der Waals surface area contributed by atoms with Gasteiger partial charge in [-0.3, -0.25) is 0 Å². The third kappa shape index (κ3) is 4.32. The summed E-state index contributed by atoms with van der Waals surface area (Å²) < 4.78 is 60.0. The summed E-state index contributed by atoms with van der Waals surface area (Å²) in [7, 11) is 0. The normalized spacial score (nSPS) is 11.0. The van der Waals surface area contributed by atoms with Gasteiger partial charge < -0.3 is 4.74 Å². The van der Waals surface area contributed by atoms with Crippen LogP contribution in [0.15, 0.2) is 42.5 Å². The summed E-state index contributed by atoms with van der Waals surface area (Å²) in [5, 5.41) is 0.643. The fourth-order valence-electron chi connectivity index (χ4n) is 2.95. The Balaban J connectivity index is 1.82. The van der Waals surface area contributed by atoms with Crippen LogP contribution >= 0.6 is 0 Å². The summed E-state index contributed by atoms with van der Waals surface area (Å²) in [6.07, 6.45) is 3.28. The van der Waals surface area contributed by atoms with Crippen LogP contribution in [-0.4, -0.2) is 5.97 Å². The fraction of sp³-hybridized carbons (Fsp3) is 0.227. The molecule has 6 heteroatoms. The van der Waals surface area contributed by atoms with Crippen LogP contribution in [0, 0.1) is 23.3 Å². The van der Waals surface area contributed by atoms with Crippen molar-refractivity contribution in [3.05, 3.63) is 76.9 Å². The Kier molecular flexibility index (Phi) is 5.97. The van der Waals surface area contributed by atoms with E-state index in [-0.39, 0.29) is 10.9 Å². The molecule has 3 aromatic rings. The highest BCUT2D eigenvalue weighted by atomic mass is 19.2. The van der Waals surface area contributed by atoms with E-state index in [4.69, 9.17) is 4.74 Å². The summed E-state index contributed by atoms with van der Waals surface area (Å²) >= 11 is 0. The number of carbonyl (C=O) groups is 1. The number of carbonyl (C=O) groups excluding carboxylic acids is 1. The summed E-state index contributed by atoms with van der Waals surface area (Å²) in [5.74, 6) is -5.78. The van der Waals surface area contributed by atoms with Crippen molar-refractivity contribution in [1.82, 2.24) is 0 Å². The molecule has 0 aliphatic carbocycles. The molecule has 28 heavy (non-hydrogen) atoms. The molecular weight excluding hydrogens is 372 g/mol. The van der Waals surface area contributed by atoms with Crippen molar-refractivity contribution in [1.29, 1.82) is 0 Å². The predicted octanol–water partition coefficient (Wildman–Crippen LogP) is 6.35.